The molecule has 1 aliphatic carbocycles. The Morgan fingerprint density at radius 2 is 2.05 bits per heavy atom. The third kappa shape index (κ3) is 2.84. The molecule has 0 radical (unpaired) electrons. The highest BCUT2D eigenvalue weighted by molar-refractivity contribution is 5.62. The fourth-order valence-corrected chi connectivity index (χ4v) is 3.08. The number of nitrogens with zero attached hydrogens (tertiary/aromatic N) is 2. The van der Waals surface area contributed by atoms with Crippen molar-refractivity contribution in [2.45, 2.75) is 38.6 Å². The Balaban J connectivity index is 2.31. The van der Waals surface area contributed by atoms with E-state index in [4.69, 9.17) is 4.74 Å². The topological polar surface area (TPSA) is 36.3 Å². The first-order valence-electron chi connectivity index (χ1n) is 6.98. The molecule has 0 aromatic heterocycles. The van der Waals surface area contributed by atoms with E-state index in [1.807, 2.05) is 18.2 Å². The molecule has 1 aromatic carbocycles. The van der Waals surface area contributed by atoms with E-state index >= 15 is 0 Å². The molecular formula is C16H22N2O. The fraction of sp³-hybridized carbons (Fsp3) is 0.562. The van der Waals surface area contributed by atoms with E-state index in [2.05, 4.69) is 24.9 Å². The normalized spacial score (nSPS) is 22.6. The van der Waals surface area contributed by atoms with Gasteiger partial charge in [0.05, 0.1) is 18.4 Å². The third-order valence-electron chi connectivity index (χ3n) is 4.27. The van der Waals surface area contributed by atoms with Crippen molar-refractivity contribution in [3.8, 4) is 11.8 Å². The molecule has 1 saturated carbocycles. The van der Waals surface area contributed by atoms with Gasteiger partial charge in [-0.1, -0.05) is 19.8 Å². The van der Waals surface area contributed by atoms with E-state index in [1.165, 1.54) is 25.7 Å². The average molecular weight is 258 g/mol. The lowest BCUT2D eigenvalue weighted by molar-refractivity contribution is 0.321. The summed E-state index contributed by atoms with van der Waals surface area (Å²) < 4.78 is 5.28. The van der Waals surface area contributed by atoms with Crippen LogP contribution in [0, 0.1) is 17.2 Å². The van der Waals surface area contributed by atoms with Crippen LogP contribution < -0.4 is 9.64 Å². The summed E-state index contributed by atoms with van der Waals surface area (Å²) in [4.78, 5) is 2.27. The van der Waals surface area contributed by atoms with Crippen LogP contribution in [0.4, 0.5) is 5.69 Å². The zero-order valence-corrected chi connectivity index (χ0v) is 12.0. The SMILES string of the molecule is COc1ccc(C#N)c(N(C)C2CCCCC2C)c1. The van der Waals surface area contributed by atoms with Gasteiger partial charge in [0.15, 0.2) is 0 Å². The second-order valence-electron chi connectivity index (χ2n) is 5.43. The maximum Gasteiger partial charge on any atom is 0.121 e. The number of methoxy groups -OCH3 is 1. The minimum absolute atomic E-state index is 0.521. The third-order valence-corrected chi connectivity index (χ3v) is 4.27. The first kappa shape index (κ1) is 13.7. The van der Waals surface area contributed by atoms with E-state index in [0.717, 1.165) is 17.0 Å². The Kier molecular flexibility index (Phi) is 4.31. The summed E-state index contributed by atoms with van der Waals surface area (Å²) in [6, 6.07) is 8.47. The highest BCUT2D eigenvalue weighted by atomic mass is 16.5. The van der Waals surface area contributed by atoms with Crippen LogP contribution in [-0.4, -0.2) is 20.2 Å². The van der Waals surface area contributed by atoms with Gasteiger partial charge in [-0.05, 0) is 30.9 Å². The molecule has 2 unspecified atom stereocenters. The second-order valence-corrected chi connectivity index (χ2v) is 5.43. The zero-order valence-electron chi connectivity index (χ0n) is 12.0. The van der Waals surface area contributed by atoms with Crippen LogP contribution in [0.3, 0.4) is 0 Å². The van der Waals surface area contributed by atoms with Crippen molar-refractivity contribution < 1.29 is 4.74 Å². The van der Waals surface area contributed by atoms with Gasteiger partial charge in [-0.2, -0.15) is 5.26 Å². The average Bonchev–Trinajstić information content (AvgIpc) is 2.46. The first-order chi connectivity index (χ1) is 9.17. The Bertz CT molecular complexity index is 478. The van der Waals surface area contributed by atoms with Gasteiger partial charge in [0.1, 0.15) is 11.8 Å². The van der Waals surface area contributed by atoms with Gasteiger partial charge in [-0.3, -0.25) is 0 Å². The molecule has 0 aliphatic heterocycles. The molecule has 1 aromatic rings. The summed E-state index contributed by atoms with van der Waals surface area (Å²) in [7, 11) is 3.76. The van der Waals surface area contributed by atoms with Crippen molar-refractivity contribution in [1.29, 1.82) is 5.26 Å². The molecule has 1 fully saturated rings. The summed E-state index contributed by atoms with van der Waals surface area (Å²) in [5.41, 5.74) is 1.71. The molecule has 2 atom stereocenters. The number of hydrogen-bond donors (Lipinski definition) is 0. The predicted molar refractivity (Wildman–Crippen MR) is 77.5 cm³/mol. The molecule has 0 amide bonds. The van der Waals surface area contributed by atoms with Crippen LogP contribution in [0.25, 0.3) is 0 Å². The quantitative estimate of drug-likeness (QED) is 0.831. The fourth-order valence-electron chi connectivity index (χ4n) is 3.08. The number of ether oxygens (including phenoxy) is 1. The van der Waals surface area contributed by atoms with Crippen LogP contribution >= 0.6 is 0 Å². The molecular weight excluding hydrogens is 236 g/mol. The number of rotatable bonds is 3. The lowest BCUT2D eigenvalue weighted by atomic mass is 9.84. The smallest absolute Gasteiger partial charge is 0.121 e. The van der Waals surface area contributed by atoms with E-state index < -0.39 is 0 Å². The summed E-state index contributed by atoms with van der Waals surface area (Å²) in [5, 5.41) is 9.28. The number of hydrogen-bond acceptors (Lipinski definition) is 3. The predicted octanol–water partition coefficient (Wildman–Crippen LogP) is 3.58. The van der Waals surface area contributed by atoms with Crippen LogP contribution in [0.1, 0.15) is 38.2 Å². The summed E-state index contributed by atoms with van der Waals surface area (Å²) in [5.74, 6) is 1.49. The van der Waals surface area contributed by atoms with Crippen molar-refractivity contribution in [3.63, 3.8) is 0 Å². The largest absolute Gasteiger partial charge is 0.497 e. The van der Waals surface area contributed by atoms with Gasteiger partial charge in [0, 0.05) is 19.2 Å². The second kappa shape index (κ2) is 5.97. The highest BCUT2D eigenvalue weighted by Crippen LogP contribution is 2.33. The van der Waals surface area contributed by atoms with Crippen LogP contribution in [0.5, 0.6) is 5.75 Å². The Hall–Kier alpha value is -1.69. The van der Waals surface area contributed by atoms with Gasteiger partial charge in [-0.25, -0.2) is 0 Å². The minimum atomic E-state index is 0.521. The Morgan fingerprint density at radius 3 is 2.68 bits per heavy atom. The van der Waals surface area contributed by atoms with Crippen LogP contribution in [-0.2, 0) is 0 Å². The van der Waals surface area contributed by atoms with Gasteiger partial charge < -0.3 is 9.64 Å². The standard InChI is InChI=1S/C16H22N2O/c1-12-6-4-5-7-15(12)18(2)16-10-14(19-3)9-8-13(16)11-17/h8-10,12,15H,4-7H2,1-3H3. The minimum Gasteiger partial charge on any atom is -0.497 e. The number of benzene rings is 1. The molecule has 0 spiro atoms. The van der Waals surface area contributed by atoms with Crippen molar-refractivity contribution in [3.05, 3.63) is 23.8 Å². The van der Waals surface area contributed by atoms with Gasteiger partial charge in [-0.15, -0.1) is 0 Å². The highest BCUT2D eigenvalue weighted by Gasteiger charge is 2.26. The Morgan fingerprint density at radius 1 is 1.32 bits per heavy atom. The summed E-state index contributed by atoms with van der Waals surface area (Å²) >= 11 is 0. The van der Waals surface area contributed by atoms with Crippen molar-refractivity contribution in [2.75, 3.05) is 19.1 Å². The van der Waals surface area contributed by atoms with Crippen LogP contribution in [0.2, 0.25) is 0 Å². The van der Waals surface area contributed by atoms with E-state index in [0.29, 0.717) is 12.0 Å². The van der Waals surface area contributed by atoms with Gasteiger partial charge in [0.2, 0.25) is 0 Å². The van der Waals surface area contributed by atoms with Crippen molar-refractivity contribution in [1.82, 2.24) is 0 Å². The van der Waals surface area contributed by atoms with Crippen molar-refractivity contribution >= 4 is 5.69 Å². The maximum atomic E-state index is 9.28. The monoisotopic (exact) mass is 258 g/mol. The van der Waals surface area contributed by atoms with Crippen LogP contribution in [0.15, 0.2) is 18.2 Å². The van der Waals surface area contributed by atoms with E-state index in [9.17, 15) is 5.26 Å². The van der Waals surface area contributed by atoms with Gasteiger partial charge >= 0.3 is 0 Å². The van der Waals surface area contributed by atoms with Crippen molar-refractivity contribution in [2.24, 2.45) is 5.92 Å². The zero-order chi connectivity index (χ0) is 13.8. The molecule has 0 saturated heterocycles. The lowest BCUT2D eigenvalue weighted by Crippen LogP contribution is -2.39. The summed E-state index contributed by atoms with van der Waals surface area (Å²) in [6.07, 6.45) is 5.10. The molecule has 2 rings (SSSR count). The molecule has 102 valence electrons. The molecule has 0 bridgehead atoms. The maximum absolute atomic E-state index is 9.28. The lowest BCUT2D eigenvalue weighted by Gasteiger charge is -2.38. The number of nitriles is 1. The van der Waals surface area contributed by atoms with E-state index in [-0.39, 0.29) is 0 Å². The Labute approximate surface area is 115 Å². The molecule has 1 aliphatic rings. The summed E-state index contributed by atoms with van der Waals surface area (Å²) in [6.45, 7) is 2.31. The number of anilines is 1. The van der Waals surface area contributed by atoms with Gasteiger partial charge in [0.25, 0.3) is 0 Å². The molecule has 0 N–H and O–H groups in total. The molecule has 0 heterocycles. The molecule has 19 heavy (non-hydrogen) atoms. The first-order valence-corrected chi connectivity index (χ1v) is 6.98. The van der Waals surface area contributed by atoms with E-state index in [1.54, 1.807) is 7.11 Å². The molecule has 3 heteroatoms. The molecule has 3 nitrogen and oxygen atoms in total.